The van der Waals surface area contributed by atoms with Gasteiger partial charge >= 0.3 is 0 Å². The number of carbonyl (C=O) groups excluding carboxylic acids is 1. The maximum Gasteiger partial charge on any atom is 0.227 e. The summed E-state index contributed by atoms with van der Waals surface area (Å²) in [6.07, 6.45) is 1.77. The van der Waals surface area contributed by atoms with Crippen molar-refractivity contribution in [3.8, 4) is 11.5 Å². The molecule has 1 amide bonds. The van der Waals surface area contributed by atoms with Crippen molar-refractivity contribution in [2.45, 2.75) is 18.8 Å². The van der Waals surface area contributed by atoms with Crippen molar-refractivity contribution in [3.05, 3.63) is 23.8 Å². The summed E-state index contributed by atoms with van der Waals surface area (Å²) >= 11 is 0. The van der Waals surface area contributed by atoms with E-state index >= 15 is 0 Å². The molecule has 0 bridgehead atoms. The van der Waals surface area contributed by atoms with E-state index in [1.165, 1.54) is 0 Å². The first-order chi connectivity index (χ1) is 10.2. The molecule has 1 aromatic carbocycles. The fourth-order valence-electron chi connectivity index (χ4n) is 3.68. The normalized spacial score (nSPS) is 23.9. The summed E-state index contributed by atoms with van der Waals surface area (Å²) in [7, 11) is 3.27. The summed E-state index contributed by atoms with van der Waals surface area (Å²) in [5, 5.41) is 6.40. The van der Waals surface area contributed by atoms with Crippen LogP contribution in [0.2, 0.25) is 0 Å². The van der Waals surface area contributed by atoms with Gasteiger partial charge in [0.2, 0.25) is 5.91 Å². The highest BCUT2D eigenvalue weighted by atomic mass is 16.5. The second-order valence-corrected chi connectivity index (χ2v) is 5.78. The number of nitrogens with one attached hydrogen (secondary N) is 2. The van der Waals surface area contributed by atoms with Crippen LogP contribution >= 0.6 is 0 Å². The van der Waals surface area contributed by atoms with Crippen LogP contribution in [0.15, 0.2) is 18.2 Å². The lowest BCUT2D eigenvalue weighted by atomic mass is 9.68. The van der Waals surface area contributed by atoms with Crippen LogP contribution in [0.4, 0.5) is 0 Å². The van der Waals surface area contributed by atoms with Crippen molar-refractivity contribution in [1.29, 1.82) is 0 Å². The van der Waals surface area contributed by atoms with Crippen molar-refractivity contribution < 1.29 is 14.3 Å². The fourth-order valence-corrected chi connectivity index (χ4v) is 3.68. The van der Waals surface area contributed by atoms with Crippen LogP contribution in [0.1, 0.15) is 24.3 Å². The molecule has 0 aliphatic carbocycles. The Bertz CT molecular complexity index is 538. The number of methoxy groups -OCH3 is 2. The van der Waals surface area contributed by atoms with Gasteiger partial charge in [-0.1, -0.05) is 6.07 Å². The molecule has 2 saturated heterocycles. The van der Waals surface area contributed by atoms with Gasteiger partial charge in [0.25, 0.3) is 0 Å². The van der Waals surface area contributed by atoms with Gasteiger partial charge in [0.15, 0.2) is 11.5 Å². The quantitative estimate of drug-likeness (QED) is 0.880. The Morgan fingerprint density at radius 2 is 1.86 bits per heavy atom. The number of piperidine rings is 1. The van der Waals surface area contributed by atoms with Crippen molar-refractivity contribution in [1.82, 2.24) is 10.6 Å². The van der Waals surface area contributed by atoms with Crippen molar-refractivity contribution in [2.75, 3.05) is 33.9 Å². The van der Waals surface area contributed by atoms with E-state index in [9.17, 15) is 4.79 Å². The van der Waals surface area contributed by atoms with E-state index in [-0.39, 0.29) is 17.2 Å². The maximum atomic E-state index is 12.4. The van der Waals surface area contributed by atoms with Gasteiger partial charge in [-0.3, -0.25) is 4.79 Å². The molecule has 2 fully saturated rings. The van der Waals surface area contributed by atoms with Gasteiger partial charge in [0.05, 0.1) is 19.6 Å². The van der Waals surface area contributed by atoms with Gasteiger partial charge in [0, 0.05) is 12.5 Å². The van der Waals surface area contributed by atoms with Crippen LogP contribution in [-0.2, 0) is 4.79 Å². The monoisotopic (exact) mass is 290 g/mol. The van der Waals surface area contributed by atoms with Crippen LogP contribution in [0.25, 0.3) is 0 Å². The third kappa shape index (κ3) is 2.25. The summed E-state index contributed by atoms with van der Waals surface area (Å²) in [6.45, 7) is 2.50. The van der Waals surface area contributed by atoms with E-state index in [2.05, 4.69) is 16.7 Å². The number of hydrogen-bond donors (Lipinski definition) is 2. The molecular formula is C16H22N2O3. The topological polar surface area (TPSA) is 59.6 Å². The zero-order valence-corrected chi connectivity index (χ0v) is 12.6. The molecule has 1 atom stereocenters. The van der Waals surface area contributed by atoms with Gasteiger partial charge in [-0.25, -0.2) is 0 Å². The smallest absolute Gasteiger partial charge is 0.227 e. The minimum atomic E-state index is -0.273. The Labute approximate surface area is 125 Å². The zero-order chi connectivity index (χ0) is 14.9. The molecule has 2 heterocycles. The second-order valence-electron chi connectivity index (χ2n) is 5.78. The third-order valence-electron chi connectivity index (χ3n) is 4.89. The number of hydrogen-bond acceptors (Lipinski definition) is 4. The summed E-state index contributed by atoms with van der Waals surface area (Å²) in [4.78, 5) is 12.4. The molecule has 1 aromatic rings. The van der Waals surface area contributed by atoms with Crippen LogP contribution in [0, 0.1) is 5.41 Å². The number of amides is 1. The largest absolute Gasteiger partial charge is 0.493 e. The van der Waals surface area contributed by atoms with Gasteiger partial charge < -0.3 is 20.1 Å². The Kier molecular flexibility index (Phi) is 3.76. The van der Waals surface area contributed by atoms with Crippen molar-refractivity contribution >= 4 is 5.91 Å². The Balaban J connectivity index is 1.97. The number of carbonyl (C=O) groups is 1. The average molecular weight is 290 g/mol. The minimum absolute atomic E-state index is 0.198. The lowest BCUT2D eigenvalue weighted by Gasteiger charge is -2.36. The van der Waals surface area contributed by atoms with E-state index in [0.717, 1.165) is 43.0 Å². The second kappa shape index (κ2) is 5.56. The molecule has 2 N–H and O–H groups in total. The van der Waals surface area contributed by atoms with E-state index in [4.69, 9.17) is 9.47 Å². The van der Waals surface area contributed by atoms with E-state index in [1.54, 1.807) is 14.2 Å². The predicted molar refractivity (Wildman–Crippen MR) is 79.8 cm³/mol. The number of rotatable bonds is 3. The summed E-state index contributed by atoms with van der Waals surface area (Å²) in [5.41, 5.74) is 0.873. The Morgan fingerprint density at radius 1 is 1.14 bits per heavy atom. The standard InChI is InChI=1S/C16H22N2O3/c1-20-13-4-3-11(9-14(13)21-2)12-10-18-15(19)16(12)5-7-17-8-6-16/h3-4,9,12,17H,5-8,10H2,1-2H3,(H,18,19). The molecule has 0 aromatic heterocycles. The Hall–Kier alpha value is -1.75. The molecule has 3 rings (SSSR count). The highest BCUT2D eigenvalue weighted by Gasteiger charge is 2.51. The van der Waals surface area contributed by atoms with Crippen molar-refractivity contribution in [2.24, 2.45) is 5.41 Å². The number of benzene rings is 1. The van der Waals surface area contributed by atoms with E-state index < -0.39 is 0 Å². The lowest BCUT2D eigenvalue weighted by Crippen LogP contribution is -2.44. The molecule has 1 unspecified atom stereocenters. The van der Waals surface area contributed by atoms with Crippen molar-refractivity contribution in [3.63, 3.8) is 0 Å². The van der Waals surface area contributed by atoms with Crippen LogP contribution in [-0.4, -0.2) is 39.8 Å². The average Bonchev–Trinajstić information content (AvgIpc) is 2.84. The minimum Gasteiger partial charge on any atom is -0.493 e. The molecule has 0 saturated carbocycles. The summed E-state index contributed by atoms with van der Waals surface area (Å²) in [6, 6.07) is 5.98. The molecule has 5 nitrogen and oxygen atoms in total. The van der Waals surface area contributed by atoms with Crippen LogP contribution < -0.4 is 20.1 Å². The van der Waals surface area contributed by atoms with Crippen LogP contribution in [0.3, 0.4) is 0 Å². The fraction of sp³-hybridized carbons (Fsp3) is 0.562. The van der Waals surface area contributed by atoms with Gasteiger partial charge in [0.1, 0.15) is 0 Å². The van der Waals surface area contributed by atoms with E-state index in [1.807, 2.05) is 12.1 Å². The van der Waals surface area contributed by atoms with Gasteiger partial charge in [-0.15, -0.1) is 0 Å². The van der Waals surface area contributed by atoms with Gasteiger partial charge in [-0.05, 0) is 43.6 Å². The molecule has 2 aliphatic heterocycles. The molecule has 114 valence electrons. The first-order valence-electron chi connectivity index (χ1n) is 7.42. The molecule has 21 heavy (non-hydrogen) atoms. The third-order valence-corrected chi connectivity index (χ3v) is 4.89. The highest BCUT2D eigenvalue weighted by Crippen LogP contribution is 2.47. The molecule has 1 spiro atoms. The number of ether oxygens (including phenoxy) is 2. The maximum absolute atomic E-state index is 12.4. The lowest BCUT2D eigenvalue weighted by molar-refractivity contribution is -0.129. The van der Waals surface area contributed by atoms with E-state index in [0.29, 0.717) is 6.54 Å². The SMILES string of the molecule is COc1ccc(C2CNC(=O)C23CCNCC3)cc1OC. The molecular weight excluding hydrogens is 268 g/mol. The molecule has 5 heteroatoms. The zero-order valence-electron chi connectivity index (χ0n) is 12.6. The summed E-state index contributed by atoms with van der Waals surface area (Å²) < 4.78 is 10.7. The molecule has 2 aliphatic rings. The Morgan fingerprint density at radius 3 is 2.52 bits per heavy atom. The van der Waals surface area contributed by atoms with Gasteiger partial charge in [-0.2, -0.15) is 0 Å². The predicted octanol–water partition coefficient (Wildman–Crippen LogP) is 1.29. The highest BCUT2D eigenvalue weighted by molar-refractivity contribution is 5.86. The summed E-state index contributed by atoms with van der Waals surface area (Å²) in [5.74, 6) is 1.84. The first-order valence-corrected chi connectivity index (χ1v) is 7.42. The molecule has 0 radical (unpaired) electrons. The first kappa shape index (κ1) is 14.2. The van der Waals surface area contributed by atoms with Crippen LogP contribution in [0.5, 0.6) is 11.5 Å².